The van der Waals surface area contributed by atoms with Gasteiger partial charge in [0.25, 0.3) is 5.56 Å². The van der Waals surface area contributed by atoms with Gasteiger partial charge in [0.2, 0.25) is 0 Å². The Kier molecular flexibility index (Phi) is 6.95. The van der Waals surface area contributed by atoms with Crippen LogP contribution in [0.5, 0.6) is 0 Å². The fraction of sp³-hybridized carbons (Fsp3) is 0.241. The summed E-state index contributed by atoms with van der Waals surface area (Å²) in [6.07, 6.45) is 0.304. The van der Waals surface area contributed by atoms with Gasteiger partial charge in [-0.2, -0.15) is 0 Å². The maximum Gasteiger partial charge on any atom is 0.305 e. The van der Waals surface area contributed by atoms with Gasteiger partial charge in [-0.3, -0.25) is 9.59 Å². The van der Waals surface area contributed by atoms with Crippen LogP contribution >= 0.6 is 11.3 Å². The topological polar surface area (TPSA) is 109 Å². The molecule has 0 radical (unpaired) electrons. The van der Waals surface area contributed by atoms with Crippen LogP contribution in [0.3, 0.4) is 0 Å². The number of aromatic amines is 1. The summed E-state index contributed by atoms with van der Waals surface area (Å²) in [6, 6.07) is 18.4. The maximum absolute atomic E-state index is 12.7. The van der Waals surface area contributed by atoms with E-state index in [4.69, 9.17) is 14.5 Å². The summed E-state index contributed by atoms with van der Waals surface area (Å²) in [5.41, 5.74) is 5.00. The lowest BCUT2D eigenvalue weighted by Gasteiger charge is -2.30. The fourth-order valence-electron chi connectivity index (χ4n) is 4.84. The fourth-order valence-corrected chi connectivity index (χ4v) is 5.56. The molecule has 2 aromatic heterocycles. The van der Waals surface area contributed by atoms with E-state index in [1.54, 1.807) is 0 Å². The zero-order chi connectivity index (χ0) is 26.8. The molecule has 0 saturated carbocycles. The van der Waals surface area contributed by atoms with E-state index in [0.29, 0.717) is 29.9 Å². The Morgan fingerprint density at radius 2 is 1.95 bits per heavy atom. The van der Waals surface area contributed by atoms with Crippen LogP contribution < -0.4 is 15.8 Å². The van der Waals surface area contributed by atoms with Gasteiger partial charge < -0.3 is 24.7 Å². The van der Waals surface area contributed by atoms with Crippen molar-refractivity contribution in [2.45, 2.75) is 12.8 Å². The first kappa shape index (κ1) is 25.0. The number of aromatic nitrogens is 3. The number of benzene rings is 3. The second-order valence-electron chi connectivity index (χ2n) is 9.26. The molecule has 2 N–H and O–H groups in total. The second-order valence-corrected chi connectivity index (χ2v) is 10.1. The Labute approximate surface area is 228 Å². The lowest BCUT2D eigenvalue weighted by Crippen LogP contribution is -2.36. The molecule has 0 spiro atoms. The number of morpholine rings is 1. The normalized spacial score (nSPS) is 13.6. The highest BCUT2D eigenvalue weighted by Gasteiger charge is 2.19. The van der Waals surface area contributed by atoms with E-state index in [-0.39, 0.29) is 24.4 Å². The molecule has 5 aromatic rings. The summed E-state index contributed by atoms with van der Waals surface area (Å²) in [5, 5.41) is 8.62. The third-order valence-electron chi connectivity index (χ3n) is 6.84. The number of rotatable bonds is 7. The van der Waals surface area contributed by atoms with Crippen molar-refractivity contribution in [2.24, 2.45) is 0 Å². The molecule has 0 atom stereocenters. The molecule has 0 unspecified atom stereocenters. The van der Waals surface area contributed by atoms with Crippen LogP contribution in [0.4, 0.5) is 16.5 Å². The summed E-state index contributed by atoms with van der Waals surface area (Å²) in [5.74, 6) is -0.379. The number of nitrogens with zero attached hydrogens (tertiary/aromatic N) is 3. The van der Waals surface area contributed by atoms with E-state index in [1.807, 2.05) is 30.3 Å². The average molecular weight is 542 g/mol. The Morgan fingerprint density at radius 1 is 1.13 bits per heavy atom. The van der Waals surface area contributed by atoms with Crippen LogP contribution in [0.15, 0.2) is 64.8 Å². The van der Waals surface area contributed by atoms with E-state index in [0.717, 1.165) is 46.2 Å². The van der Waals surface area contributed by atoms with Gasteiger partial charge in [-0.05, 0) is 22.9 Å². The van der Waals surface area contributed by atoms with Crippen molar-refractivity contribution in [3.63, 3.8) is 0 Å². The third kappa shape index (κ3) is 5.21. The van der Waals surface area contributed by atoms with Crippen molar-refractivity contribution in [3.8, 4) is 11.3 Å². The highest BCUT2D eigenvalue weighted by Crippen LogP contribution is 2.36. The molecule has 3 aromatic carbocycles. The quantitative estimate of drug-likeness (QED) is 0.281. The van der Waals surface area contributed by atoms with Gasteiger partial charge in [0.05, 0.1) is 54.8 Å². The molecule has 1 fully saturated rings. The smallest absolute Gasteiger partial charge is 0.305 e. The summed E-state index contributed by atoms with van der Waals surface area (Å²) in [6.45, 7) is 2.72. The van der Waals surface area contributed by atoms with Gasteiger partial charge in [-0.25, -0.2) is 9.97 Å². The van der Waals surface area contributed by atoms with E-state index in [1.165, 1.54) is 23.8 Å². The SMILES string of the molecule is COC(=O)CCc1nc2cc(N3CCOCC3)c(Nc3nc(-c4cccc5ccccc45)cs3)cc2[nH]c1=O. The van der Waals surface area contributed by atoms with E-state index >= 15 is 0 Å². The third-order valence-corrected chi connectivity index (χ3v) is 7.59. The number of carbonyl (C=O) groups excluding carboxylic acids is 1. The van der Waals surface area contributed by atoms with E-state index in [2.05, 4.69) is 49.8 Å². The van der Waals surface area contributed by atoms with Crippen LogP contribution in [-0.4, -0.2) is 54.3 Å². The van der Waals surface area contributed by atoms with E-state index in [9.17, 15) is 9.59 Å². The Bertz CT molecular complexity index is 1720. The summed E-state index contributed by atoms with van der Waals surface area (Å²) in [7, 11) is 1.33. The lowest BCUT2D eigenvalue weighted by atomic mass is 10.0. The number of esters is 1. The van der Waals surface area contributed by atoms with Crippen LogP contribution in [-0.2, 0) is 20.7 Å². The number of thiazole rings is 1. The molecule has 9 nitrogen and oxygen atoms in total. The van der Waals surface area contributed by atoms with Crippen LogP contribution in [0.2, 0.25) is 0 Å². The molecular weight excluding hydrogens is 514 g/mol. The first-order valence-corrected chi connectivity index (χ1v) is 13.6. The molecule has 1 aliphatic rings. The average Bonchev–Trinajstić information content (AvgIpc) is 3.44. The molecular formula is C29H27N5O4S. The number of hydrogen-bond donors (Lipinski definition) is 2. The minimum absolute atomic E-state index is 0.0944. The highest BCUT2D eigenvalue weighted by molar-refractivity contribution is 7.14. The number of methoxy groups -OCH3 is 1. The Hall–Kier alpha value is -4.28. The minimum atomic E-state index is -0.379. The first-order valence-electron chi connectivity index (χ1n) is 12.8. The predicted octanol–water partition coefficient (Wildman–Crippen LogP) is 4.89. The number of fused-ring (bicyclic) bond motifs is 2. The van der Waals surface area contributed by atoms with Crippen LogP contribution in [0, 0.1) is 0 Å². The van der Waals surface area contributed by atoms with Crippen molar-refractivity contribution < 1.29 is 14.3 Å². The van der Waals surface area contributed by atoms with Crippen LogP contribution in [0.1, 0.15) is 12.1 Å². The molecule has 1 saturated heterocycles. The molecule has 39 heavy (non-hydrogen) atoms. The van der Waals surface area contributed by atoms with Crippen molar-refractivity contribution >= 4 is 55.6 Å². The second kappa shape index (κ2) is 10.8. The number of anilines is 3. The molecule has 0 aliphatic carbocycles. The predicted molar refractivity (Wildman–Crippen MR) is 154 cm³/mol. The molecule has 0 amide bonds. The molecule has 198 valence electrons. The Morgan fingerprint density at radius 3 is 2.79 bits per heavy atom. The largest absolute Gasteiger partial charge is 0.469 e. The van der Waals surface area contributed by atoms with Gasteiger partial charge >= 0.3 is 5.97 Å². The summed E-state index contributed by atoms with van der Waals surface area (Å²) >= 11 is 1.53. The zero-order valence-electron chi connectivity index (χ0n) is 21.4. The Balaban J connectivity index is 1.37. The maximum atomic E-state index is 12.7. The lowest BCUT2D eigenvalue weighted by molar-refractivity contribution is -0.140. The van der Waals surface area contributed by atoms with Gasteiger partial charge in [-0.1, -0.05) is 42.5 Å². The van der Waals surface area contributed by atoms with Crippen molar-refractivity contribution in [1.82, 2.24) is 15.0 Å². The summed E-state index contributed by atoms with van der Waals surface area (Å²) in [4.78, 5) is 39.0. The number of nitrogens with one attached hydrogen (secondary N) is 2. The standard InChI is InChI=1S/C29H27N5O4S/c1-37-27(35)10-9-21-28(36)31-22-15-24(26(16-23(22)30-21)34-11-13-38-14-12-34)32-29-33-25(17-39-29)20-8-4-6-18-5-2-3-7-19(18)20/h2-8,15-17H,9-14H2,1H3,(H,31,36)(H,32,33). The van der Waals surface area contributed by atoms with Crippen molar-refractivity contribution in [2.75, 3.05) is 43.6 Å². The van der Waals surface area contributed by atoms with Gasteiger partial charge in [0.1, 0.15) is 5.69 Å². The van der Waals surface area contributed by atoms with E-state index < -0.39 is 0 Å². The number of aryl methyl sites for hydroxylation is 1. The minimum Gasteiger partial charge on any atom is -0.469 e. The van der Waals surface area contributed by atoms with Gasteiger partial charge in [-0.15, -0.1) is 11.3 Å². The number of ether oxygens (including phenoxy) is 2. The van der Waals surface area contributed by atoms with Gasteiger partial charge in [0, 0.05) is 30.5 Å². The zero-order valence-corrected chi connectivity index (χ0v) is 22.2. The first-order chi connectivity index (χ1) is 19.1. The molecule has 3 heterocycles. The molecule has 10 heteroatoms. The monoisotopic (exact) mass is 541 g/mol. The number of carbonyl (C=O) groups is 1. The van der Waals surface area contributed by atoms with Crippen molar-refractivity contribution in [3.05, 3.63) is 76.0 Å². The van der Waals surface area contributed by atoms with Crippen molar-refractivity contribution in [1.29, 1.82) is 0 Å². The molecule has 1 aliphatic heterocycles. The molecule has 6 rings (SSSR count). The van der Waals surface area contributed by atoms with Gasteiger partial charge in [0.15, 0.2) is 5.13 Å². The van der Waals surface area contributed by atoms with Crippen LogP contribution in [0.25, 0.3) is 33.1 Å². The number of hydrogen-bond acceptors (Lipinski definition) is 9. The molecule has 0 bridgehead atoms. The summed E-state index contributed by atoms with van der Waals surface area (Å²) < 4.78 is 10.3. The highest BCUT2D eigenvalue weighted by atomic mass is 32.1. The number of H-pyrrole nitrogens is 1.